The molecule has 0 saturated heterocycles. The van der Waals surface area contributed by atoms with Gasteiger partial charge in [-0.25, -0.2) is 0 Å². The Kier molecular flexibility index (Phi) is 2.17. The van der Waals surface area contributed by atoms with Gasteiger partial charge in [-0.2, -0.15) is 0 Å². The van der Waals surface area contributed by atoms with Crippen molar-refractivity contribution in [3.8, 4) is 0 Å². The Balaban J connectivity index is 2.83. The molecular weight excluding hydrogens is 175 g/mol. The minimum atomic E-state index is 0.996. The summed E-state index contributed by atoms with van der Waals surface area (Å²) in [6, 6.07) is 0. The predicted molar refractivity (Wildman–Crippen MR) is 44.7 cm³/mol. The minimum absolute atomic E-state index is 0.996. The van der Waals surface area contributed by atoms with Crippen molar-refractivity contribution in [3.63, 3.8) is 0 Å². The summed E-state index contributed by atoms with van der Waals surface area (Å²) in [6.45, 7) is 2.07. The second-order valence-corrected chi connectivity index (χ2v) is 3.26. The average molecular weight is 183 g/mol. The molecule has 1 rings (SSSR count). The normalized spacial score (nSPS) is 20.0. The highest BCUT2D eigenvalue weighted by Crippen LogP contribution is 2.25. The van der Waals surface area contributed by atoms with Crippen LogP contribution in [0.25, 0.3) is 0 Å². The second-order valence-electron chi connectivity index (χ2n) is 2.31. The molecule has 0 fully saturated rings. The molecule has 9 heavy (non-hydrogen) atoms. The van der Waals surface area contributed by atoms with Gasteiger partial charge in [-0.1, -0.05) is 22.0 Å². The summed E-state index contributed by atoms with van der Waals surface area (Å²) >= 11 is 3.46. The van der Waals surface area contributed by atoms with Crippen LogP contribution in [0, 0.1) is 0 Å². The highest BCUT2D eigenvalue weighted by molar-refractivity contribution is 9.11. The minimum Gasteiger partial charge on any atom is -0.117 e. The molecular formula is C7H8BBr. The van der Waals surface area contributed by atoms with Gasteiger partial charge in [0.2, 0.25) is 0 Å². The van der Waals surface area contributed by atoms with E-state index >= 15 is 0 Å². The fraction of sp³-hybridized carbons (Fsp3) is 0.429. The fourth-order valence-corrected chi connectivity index (χ4v) is 1.19. The molecule has 2 radical (unpaired) electrons. The van der Waals surface area contributed by atoms with Crippen molar-refractivity contribution in [2.24, 2.45) is 0 Å². The molecule has 0 aromatic heterocycles. The van der Waals surface area contributed by atoms with Crippen LogP contribution in [0.4, 0.5) is 0 Å². The Hall–Kier alpha value is 0.0249. The first-order valence-corrected chi connectivity index (χ1v) is 3.81. The first-order chi connectivity index (χ1) is 4.20. The first kappa shape index (κ1) is 7.14. The van der Waals surface area contributed by atoms with Gasteiger partial charge >= 0.3 is 0 Å². The van der Waals surface area contributed by atoms with Crippen LogP contribution in [0.5, 0.6) is 0 Å². The Morgan fingerprint density at radius 1 is 1.56 bits per heavy atom. The molecule has 0 aromatic carbocycles. The lowest BCUT2D eigenvalue weighted by Gasteiger charge is -2.10. The van der Waals surface area contributed by atoms with Crippen LogP contribution in [0.2, 0.25) is 0 Å². The van der Waals surface area contributed by atoms with Gasteiger partial charge in [0, 0.05) is 0 Å². The highest BCUT2D eigenvalue weighted by Gasteiger charge is 2.03. The average Bonchev–Trinajstić information content (AvgIpc) is 1.80. The van der Waals surface area contributed by atoms with Crippen LogP contribution < -0.4 is 0 Å². The summed E-state index contributed by atoms with van der Waals surface area (Å²) < 4.78 is 1.29. The predicted octanol–water partition coefficient (Wildman–Crippen LogP) is 2.50. The molecule has 0 atom stereocenters. The lowest BCUT2D eigenvalue weighted by atomic mass is 9.86. The number of hydrogen-bond acceptors (Lipinski definition) is 0. The number of hydrogen-bond donors (Lipinski definition) is 0. The molecule has 0 aliphatic heterocycles. The molecule has 0 nitrogen and oxygen atoms in total. The van der Waals surface area contributed by atoms with Crippen LogP contribution in [0.1, 0.15) is 19.8 Å². The Labute approximate surface area is 65.6 Å². The van der Waals surface area contributed by atoms with Gasteiger partial charge < -0.3 is 0 Å². The molecule has 0 bridgehead atoms. The van der Waals surface area contributed by atoms with Crippen molar-refractivity contribution in [1.82, 2.24) is 0 Å². The van der Waals surface area contributed by atoms with Gasteiger partial charge in [-0.05, 0) is 29.8 Å². The Morgan fingerprint density at radius 3 is 2.67 bits per heavy atom. The van der Waals surface area contributed by atoms with E-state index < -0.39 is 0 Å². The molecule has 0 unspecified atom stereocenters. The van der Waals surface area contributed by atoms with Crippen LogP contribution in [-0.2, 0) is 0 Å². The molecule has 0 saturated carbocycles. The molecule has 0 amide bonds. The zero-order valence-corrected chi connectivity index (χ0v) is 7.03. The molecule has 1 aliphatic rings. The maximum atomic E-state index is 5.59. The van der Waals surface area contributed by atoms with Gasteiger partial charge in [0.15, 0.2) is 0 Å². The first-order valence-electron chi connectivity index (χ1n) is 3.01. The van der Waals surface area contributed by atoms with Gasteiger partial charge in [-0.3, -0.25) is 0 Å². The number of rotatable bonds is 0. The van der Waals surface area contributed by atoms with Crippen molar-refractivity contribution >= 4 is 23.8 Å². The molecule has 1 aliphatic carbocycles. The maximum absolute atomic E-state index is 5.59. The number of halogens is 1. The van der Waals surface area contributed by atoms with Gasteiger partial charge in [-0.15, -0.1) is 5.47 Å². The summed E-state index contributed by atoms with van der Waals surface area (Å²) in [5, 5.41) is 0. The van der Waals surface area contributed by atoms with Crippen LogP contribution in [-0.4, -0.2) is 7.85 Å². The van der Waals surface area contributed by atoms with Crippen molar-refractivity contribution < 1.29 is 0 Å². The zero-order chi connectivity index (χ0) is 6.85. The van der Waals surface area contributed by atoms with Crippen LogP contribution in [0.3, 0.4) is 0 Å². The lowest BCUT2D eigenvalue weighted by Crippen LogP contribution is -1.92. The fourth-order valence-electron chi connectivity index (χ4n) is 0.880. The third-order valence-electron chi connectivity index (χ3n) is 1.46. The van der Waals surface area contributed by atoms with Crippen molar-refractivity contribution in [1.29, 1.82) is 0 Å². The summed E-state index contributed by atoms with van der Waals surface area (Å²) in [5.41, 5.74) is 2.26. The largest absolute Gasteiger partial charge is 0.117 e. The van der Waals surface area contributed by atoms with Crippen LogP contribution in [0.15, 0.2) is 21.6 Å². The standard InChI is InChI=1S/C7H8BBr/c1-5-4-6(8)2-3-7(5)9/h4H,2-3H2,1H3. The van der Waals surface area contributed by atoms with E-state index in [1.807, 2.05) is 6.08 Å². The third kappa shape index (κ3) is 1.72. The summed E-state index contributed by atoms with van der Waals surface area (Å²) in [4.78, 5) is 0. The van der Waals surface area contributed by atoms with E-state index in [1.54, 1.807) is 0 Å². The quantitative estimate of drug-likeness (QED) is 0.506. The molecule has 0 heterocycles. The van der Waals surface area contributed by atoms with Crippen molar-refractivity contribution in [2.75, 3.05) is 0 Å². The highest BCUT2D eigenvalue weighted by atomic mass is 79.9. The van der Waals surface area contributed by atoms with E-state index in [-0.39, 0.29) is 0 Å². The third-order valence-corrected chi connectivity index (χ3v) is 2.48. The van der Waals surface area contributed by atoms with Crippen molar-refractivity contribution in [3.05, 3.63) is 21.6 Å². The SMILES string of the molecule is [B]C1=CC(C)=C(Br)CC1. The summed E-state index contributed by atoms with van der Waals surface area (Å²) in [7, 11) is 5.59. The zero-order valence-electron chi connectivity index (χ0n) is 5.45. The van der Waals surface area contributed by atoms with Gasteiger partial charge in [0.25, 0.3) is 0 Å². The topological polar surface area (TPSA) is 0 Å². The van der Waals surface area contributed by atoms with E-state index in [2.05, 4.69) is 22.9 Å². The second kappa shape index (κ2) is 2.74. The van der Waals surface area contributed by atoms with Crippen LogP contribution >= 0.6 is 15.9 Å². The Morgan fingerprint density at radius 2 is 2.22 bits per heavy atom. The lowest BCUT2D eigenvalue weighted by molar-refractivity contribution is 0.986. The van der Waals surface area contributed by atoms with Crippen molar-refractivity contribution in [2.45, 2.75) is 19.8 Å². The molecule has 2 heteroatoms. The van der Waals surface area contributed by atoms with E-state index in [4.69, 9.17) is 7.85 Å². The molecule has 0 aromatic rings. The molecule has 46 valence electrons. The van der Waals surface area contributed by atoms with Gasteiger partial charge in [0.05, 0.1) is 0 Å². The molecule has 0 spiro atoms. The van der Waals surface area contributed by atoms with E-state index in [0.717, 1.165) is 18.3 Å². The van der Waals surface area contributed by atoms with E-state index in [0.29, 0.717) is 0 Å². The van der Waals surface area contributed by atoms with E-state index in [1.165, 1.54) is 10.1 Å². The van der Waals surface area contributed by atoms with Gasteiger partial charge in [0.1, 0.15) is 7.85 Å². The van der Waals surface area contributed by atoms with E-state index in [9.17, 15) is 0 Å². The number of allylic oxidation sites excluding steroid dienone is 4. The summed E-state index contributed by atoms with van der Waals surface area (Å²) in [5.74, 6) is 0. The summed E-state index contributed by atoms with van der Waals surface area (Å²) in [6.07, 6.45) is 4.08. The monoisotopic (exact) mass is 182 g/mol. The Bertz CT molecular complexity index is 179. The maximum Gasteiger partial charge on any atom is 0.107 e. The smallest absolute Gasteiger partial charge is 0.107 e. The molecule has 0 N–H and O–H groups in total.